The number of benzene rings is 2. The number of anilines is 1. The van der Waals surface area contributed by atoms with Gasteiger partial charge >= 0.3 is 0 Å². The molecule has 3 aliphatic carbocycles. The van der Waals surface area contributed by atoms with Gasteiger partial charge in [-0.1, -0.05) is 54.7 Å². The molecule has 3 fully saturated rings. The largest absolute Gasteiger partial charge is 0.496 e. The minimum Gasteiger partial charge on any atom is -0.496 e. The van der Waals surface area contributed by atoms with Crippen LogP contribution >= 0.6 is 0 Å². The van der Waals surface area contributed by atoms with Gasteiger partial charge in [0.05, 0.1) is 19.3 Å². The minimum absolute atomic E-state index is 0.0192. The highest BCUT2D eigenvalue weighted by Gasteiger charge is 2.33. The van der Waals surface area contributed by atoms with Crippen molar-refractivity contribution in [1.29, 1.82) is 0 Å². The number of methoxy groups -OCH3 is 1. The molecule has 0 bridgehead atoms. The van der Waals surface area contributed by atoms with Crippen LogP contribution in [0.3, 0.4) is 0 Å². The number of carbonyl (C=O) groups is 1. The molecular formula is C35H43N7O2. The number of amides is 1. The maximum absolute atomic E-state index is 13.0. The fourth-order valence-corrected chi connectivity index (χ4v) is 7.42. The maximum Gasteiger partial charge on any atom is 0.270 e. The Balaban J connectivity index is 1.14. The molecule has 3 aliphatic rings. The van der Waals surface area contributed by atoms with Gasteiger partial charge in [0.25, 0.3) is 5.95 Å². The molecule has 9 nitrogen and oxygen atoms in total. The molecule has 4 aromatic rings. The van der Waals surface area contributed by atoms with Crippen LogP contribution in [-0.4, -0.2) is 43.0 Å². The Hall–Kier alpha value is -4.01. The Morgan fingerprint density at radius 1 is 0.955 bits per heavy atom. The number of nitrogens with zero attached hydrogens (tertiary/aromatic N) is 6. The zero-order valence-corrected chi connectivity index (χ0v) is 25.9. The number of carbonyl (C=O) groups excluding carboxylic acids is 1. The van der Waals surface area contributed by atoms with Crippen molar-refractivity contribution < 1.29 is 9.53 Å². The first kappa shape index (κ1) is 28.7. The summed E-state index contributed by atoms with van der Waals surface area (Å²) in [4.78, 5) is 14.7. The van der Waals surface area contributed by atoms with E-state index in [-0.39, 0.29) is 17.9 Å². The van der Waals surface area contributed by atoms with Crippen LogP contribution in [0.15, 0.2) is 54.9 Å². The molecule has 9 heteroatoms. The number of aromatic nitrogens is 6. The summed E-state index contributed by atoms with van der Waals surface area (Å²) >= 11 is 0. The molecule has 7 rings (SSSR count). The Kier molecular flexibility index (Phi) is 8.19. The minimum atomic E-state index is -0.0835. The smallest absolute Gasteiger partial charge is 0.270 e. The van der Waals surface area contributed by atoms with E-state index in [1.54, 1.807) is 11.9 Å². The molecule has 0 spiro atoms. The van der Waals surface area contributed by atoms with E-state index < -0.39 is 0 Å². The number of nitrogens with one attached hydrogen (secondary N) is 1. The number of hydrogen-bond acceptors (Lipinski definition) is 6. The molecule has 1 N–H and O–H groups in total. The number of tetrazole rings is 1. The van der Waals surface area contributed by atoms with Gasteiger partial charge in [-0.2, -0.15) is 9.90 Å². The van der Waals surface area contributed by atoms with Gasteiger partial charge in [-0.3, -0.25) is 14.8 Å². The lowest BCUT2D eigenvalue weighted by atomic mass is 9.74. The second-order valence-corrected chi connectivity index (χ2v) is 13.1. The average Bonchev–Trinajstić information content (AvgIpc) is 3.61. The summed E-state index contributed by atoms with van der Waals surface area (Å²) in [5, 5.41) is 21.2. The van der Waals surface area contributed by atoms with Crippen LogP contribution in [0.25, 0.3) is 11.1 Å². The highest BCUT2D eigenvalue weighted by molar-refractivity contribution is 5.90. The first-order chi connectivity index (χ1) is 21.6. The van der Waals surface area contributed by atoms with Crippen LogP contribution in [0.4, 0.5) is 5.95 Å². The first-order valence-corrected chi connectivity index (χ1v) is 16.4. The van der Waals surface area contributed by atoms with Gasteiger partial charge in [-0.25, -0.2) is 0 Å². The van der Waals surface area contributed by atoms with Gasteiger partial charge < -0.3 is 4.74 Å². The molecule has 1 unspecified atom stereocenters. The molecule has 44 heavy (non-hydrogen) atoms. The SMILES string of the molecule is COc1ccc(C2CCC(C(c3cccc(-c4cnn(C5CC5)c4)c3)n3nnc(NC(=O)C4CCCCC4)n3)CC2)cc1C. The Morgan fingerprint density at radius 3 is 2.52 bits per heavy atom. The summed E-state index contributed by atoms with van der Waals surface area (Å²) in [5.74, 6) is 2.15. The summed E-state index contributed by atoms with van der Waals surface area (Å²) in [6.45, 7) is 2.12. The topological polar surface area (TPSA) is 99.8 Å². The van der Waals surface area contributed by atoms with Crippen LogP contribution in [0.5, 0.6) is 5.75 Å². The lowest BCUT2D eigenvalue weighted by Gasteiger charge is -2.34. The number of hydrogen-bond donors (Lipinski definition) is 1. The summed E-state index contributed by atoms with van der Waals surface area (Å²) in [7, 11) is 1.73. The maximum atomic E-state index is 13.0. The summed E-state index contributed by atoms with van der Waals surface area (Å²) in [6, 6.07) is 15.8. The summed E-state index contributed by atoms with van der Waals surface area (Å²) < 4.78 is 7.60. The molecule has 2 heterocycles. The normalized spacial score (nSPS) is 21.6. The van der Waals surface area contributed by atoms with Crippen molar-refractivity contribution in [3.05, 3.63) is 71.5 Å². The monoisotopic (exact) mass is 593 g/mol. The van der Waals surface area contributed by atoms with Crippen LogP contribution in [0.2, 0.25) is 0 Å². The summed E-state index contributed by atoms with van der Waals surface area (Å²) in [6.07, 6.45) is 16.1. The predicted octanol–water partition coefficient (Wildman–Crippen LogP) is 7.27. The van der Waals surface area contributed by atoms with Crippen LogP contribution in [0, 0.1) is 18.8 Å². The average molecular weight is 594 g/mol. The van der Waals surface area contributed by atoms with Gasteiger partial charge in [-0.05, 0) is 110 Å². The lowest BCUT2D eigenvalue weighted by Crippen LogP contribution is -2.27. The Labute approximate surface area is 259 Å². The molecule has 2 aromatic carbocycles. The van der Waals surface area contributed by atoms with Crippen molar-refractivity contribution >= 4 is 11.9 Å². The van der Waals surface area contributed by atoms with Crippen molar-refractivity contribution in [3.63, 3.8) is 0 Å². The highest BCUT2D eigenvalue weighted by Crippen LogP contribution is 2.43. The molecule has 0 saturated heterocycles. The van der Waals surface area contributed by atoms with E-state index in [1.165, 1.54) is 30.4 Å². The molecule has 2 aromatic heterocycles. The van der Waals surface area contributed by atoms with E-state index in [1.807, 2.05) is 6.20 Å². The third kappa shape index (κ3) is 6.14. The number of ether oxygens (including phenoxy) is 1. The first-order valence-electron chi connectivity index (χ1n) is 16.4. The van der Waals surface area contributed by atoms with Gasteiger partial charge in [0.2, 0.25) is 5.91 Å². The van der Waals surface area contributed by atoms with Gasteiger partial charge in [0.1, 0.15) is 11.8 Å². The highest BCUT2D eigenvalue weighted by atomic mass is 16.5. The van der Waals surface area contributed by atoms with E-state index in [2.05, 4.69) is 81.0 Å². The lowest BCUT2D eigenvalue weighted by molar-refractivity contribution is -0.120. The van der Waals surface area contributed by atoms with E-state index in [0.717, 1.165) is 73.8 Å². The number of rotatable bonds is 9. The van der Waals surface area contributed by atoms with E-state index >= 15 is 0 Å². The van der Waals surface area contributed by atoms with Crippen LogP contribution < -0.4 is 10.1 Å². The van der Waals surface area contributed by atoms with Crippen molar-refractivity contribution in [1.82, 2.24) is 30.0 Å². The molecule has 1 atom stereocenters. The van der Waals surface area contributed by atoms with Crippen molar-refractivity contribution in [2.75, 3.05) is 12.4 Å². The molecule has 1 amide bonds. The number of aryl methyl sites for hydroxylation is 1. The zero-order chi connectivity index (χ0) is 30.0. The van der Waals surface area contributed by atoms with Crippen LogP contribution in [0.1, 0.15) is 105 Å². The summed E-state index contributed by atoms with van der Waals surface area (Å²) in [5.41, 5.74) is 6.00. The quantitative estimate of drug-likeness (QED) is 0.219. The zero-order valence-electron chi connectivity index (χ0n) is 25.9. The van der Waals surface area contributed by atoms with E-state index in [0.29, 0.717) is 23.8 Å². The molecule has 3 saturated carbocycles. The Morgan fingerprint density at radius 2 is 1.77 bits per heavy atom. The van der Waals surface area contributed by atoms with Crippen molar-refractivity contribution in [2.45, 2.75) is 95.6 Å². The molecular weight excluding hydrogens is 550 g/mol. The van der Waals surface area contributed by atoms with Crippen molar-refractivity contribution in [2.24, 2.45) is 11.8 Å². The molecule has 0 radical (unpaired) electrons. The van der Waals surface area contributed by atoms with Gasteiger partial charge in [0, 0.05) is 17.7 Å². The second kappa shape index (κ2) is 12.5. The fourth-order valence-electron chi connectivity index (χ4n) is 7.42. The second-order valence-electron chi connectivity index (χ2n) is 13.1. The fraction of sp³-hybridized carbons (Fsp3) is 0.514. The third-order valence-corrected chi connectivity index (χ3v) is 10.1. The van der Waals surface area contributed by atoms with E-state index in [4.69, 9.17) is 9.84 Å². The molecule has 230 valence electrons. The molecule has 0 aliphatic heterocycles. The standard InChI is InChI=1S/C35H43N7O2/c1-23-19-28(15-18-32(23)44-2)24-11-13-25(14-12-24)33(42-39-35(38-40-42)37-34(43)26-7-4-3-5-8-26)29-10-6-9-27(20-29)30-21-36-41(22-30)31-16-17-31/h6,9-10,15,18-22,24-26,31,33H,3-5,7-8,11-14,16-17H2,1-2H3,(H,37,39,43). The third-order valence-electron chi connectivity index (χ3n) is 10.1. The van der Waals surface area contributed by atoms with E-state index in [9.17, 15) is 4.79 Å². The van der Waals surface area contributed by atoms with Gasteiger partial charge in [0.15, 0.2) is 0 Å². The van der Waals surface area contributed by atoms with Gasteiger partial charge in [-0.15, -0.1) is 5.10 Å². The predicted molar refractivity (Wildman–Crippen MR) is 170 cm³/mol. The van der Waals surface area contributed by atoms with Crippen molar-refractivity contribution in [3.8, 4) is 16.9 Å². The Bertz CT molecular complexity index is 1590. The van der Waals surface area contributed by atoms with Crippen LogP contribution in [-0.2, 0) is 4.79 Å².